The van der Waals surface area contributed by atoms with Gasteiger partial charge in [0, 0.05) is 28.9 Å². The van der Waals surface area contributed by atoms with Crippen molar-refractivity contribution >= 4 is 16.6 Å². The van der Waals surface area contributed by atoms with Gasteiger partial charge in [0.15, 0.2) is 0 Å². The van der Waals surface area contributed by atoms with Crippen molar-refractivity contribution in [2.75, 3.05) is 5.32 Å². The first-order valence-electron chi connectivity index (χ1n) is 8.36. The molecule has 2 heterocycles. The molecule has 1 aromatic heterocycles. The van der Waals surface area contributed by atoms with E-state index in [-0.39, 0.29) is 5.56 Å². The van der Waals surface area contributed by atoms with Gasteiger partial charge >= 0.3 is 0 Å². The van der Waals surface area contributed by atoms with Gasteiger partial charge in [-0.2, -0.15) is 0 Å². The van der Waals surface area contributed by atoms with Crippen LogP contribution in [0.15, 0.2) is 36.5 Å². The monoisotopic (exact) mass is 342 g/mol. The van der Waals surface area contributed by atoms with E-state index in [0.717, 1.165) is 5.39 Å². The average molecular weight is 342 g/mol. The van der Waals surface area contributed by atoms with Gasteiger partial charge in [-0.25, -0.2) is 8.78 Å². The van der Waals surface area contributed by atoms with Gasteiger partial charge in [-0.05, 0) is 31.4 Å². The fourth-order valence-corrected chi connectivity index (χ4v) is 3.93. The average Bonchev–Trinajstić information content (AvgIpc) is 3.01. The molecule has 0 amide bonds. The van der Waals surface area contributed by atoms with Gasteiger partial charge in [0.1, 0.15) is 11.6 Å². The Morgan fingerprint density at radius 3 is 2.68 bits per heavy atom. The van der Waals surface area contributed by atoms with E-state index in [9.17, 15) is 9.50 Å². The minimum atomic E-state index is -0.783. The molecule has 4 rings (SSSR count). The van der Waals surface area contributed by atoms with Gasteiger partial charge in [0.2, 0.25) is 0 Å². The highest BCUT2D eigenvalue weighted by Gasteiger charge is 2.41. The van der Waals surface area contributed by atoms with E-state index >= 15 is 4.39 Å². The zero-order valence-electron chi connectivity index (χ0n) is 14.3. The number of fused-ring (bicyclic) bond motifs is 2. The van der Waals surface area contributed by atoms with Crippen LogP contribution in [0.1, 0.15) is 32.3 Å². The van der Waals surface area contributed by atoms with E-state index in [1.54, 1.807) is 25.3 Å². The van der Waals surface area contributed by atoms with E-state index in [0.29, 0.717) is 22.3 Å². The highest BCUT2D eigenvalue weighted by Crippen LogP contribution is 2.44. The quantitative estimate of drug-likeness (QED) is 0.596. The number of halogens is 2. The minimum absolute atomic E-state index is 0.0626. The lowest BCUT2D eigenvalue weighted by molar-refractivity contribution is 0.0854. The summed E-state index contributed by atoms with van der Waals surface area (Å²) < 4.78 is 30.3. The molecular weight excluding hydrogens is 322 g/mol. The van der Waals surface area contributed by atoms with Crippen LogP contribution in [0, 0.1) is 11.6 Å². The van der Waals surface area contributed by atoms with E-state index in [2.05, 4.69) is 10.3 Å². The number of hydrogen-bond donors (Lipinski definition) is 3. The Hall–Kier alpha value is -2.40. The molecule has 5 heteroatoms. The van der Waals surface area contributed by atoms with Crippen molar-refractivity contribution in [1.29, 1.82) is 0 Å². The van der Waals surface area contributed by atoms with Gasteiger partial charge in [-0.1, -0.05) is 25.1 Å². The van der Waals surface area contributed by atoms with Crippen LogP contribution in [0.2, 0.25) is 0 Å². The van der Waals surface area contributed by atoms with Crippen LogP contribution in [0.25, 0.3) is 22.0 Å². The number of aromatic amines is 1. The summed E-state index contributed by atoms with van der Waals surface area (Å²) in [6.45, 7) is 5.41. The minimum Gasteiger partial charge on any atom is -0.390 e. The molecule has 0 aliphatic carbocycles. The van der Waals surface area contributed by atoms with Gasteiger partial charge in [-0.15, -0.1) is 0 Å². The summed E-state index contributed by atoms with van der Waals surface area (Å²) in [4.78, 5) is 3.06. The van der Waals surface area contributed by atoms with Crippen LogP contribution in [-0.4, -0.2) is 21.7 Å². The molecule has 3 nitrogen and oxygen atoms in total. The van der Waals surface area contributed by atoms with E-state index in [4.69, 9.17) is 0 Å². The fourth-order valence-electron chi connectivity index (χ4n) is 3.93. The fraction of sp³-hybridized carbons (Fsp3) is 0.300. The molecule has 1 aliphatic rings. The van der Waals surface area contributed by atoms with Crippen molar-refractivity contribution in [3.8, 4) is 11.1 Å². The lowest BCUT2D eigenvalue weighted by Gasteiger charge is -2.42. The molecule has 2 atom stereocenters. The Morgan fingerprint density at radius 1 is 1.16 bits per heavy atom. The molecule has 0 spiro atoms. The van der Waals surface area contributed by atoms with Crippen molar-refractivity contribution < 1.29 is 13.9 Å². The molecule has 0 unspecified atom stereocenters. The Morgan fingerprint density at radius 2 is 1.92 bits per heavy atom. The zero-order valence-corrected chi connectivity index (χ0v) is 14.3. The van der Waals surface area contributed by atoms with Gasteiger partial charge in [-0.3, -0.25) is 0 Å². The summed E-state index contributed by atoms with van der Waals surface area (Å²) in [6, 6.07) is 8.57. The number of nitrogens with one attached hydrogen (secondary N) is 2. The number of rotatable bonds is 1. The number of anilines is 1. The summed E-state index contributed by atoms with van der Waals surface area (Å²) in [5, 5.41) is 14.5. The predicted octanol–water partition coefficient (Wildman–Crippen LogP) is 4.78. The SMILES string of the molecule is C[C@@H]1c2c(cc(F)c(-c3cccc4cc[nH]c34)c2F)NC(C)(C)[C@H]1O. The molecule has 25 heavy (non-hydrogen) atoms. The Kier molecular flexibility index (Phi) is 3.41. The number of H-pyrrole nitrogens is 1. The molecule has 0 saturated heterocycles. The first-order chi connectivity index (χ1) is 11.8. The molecule has 1 aliphatic heterocycles. The second kappa shape index (κ2) is 5.30. The van der Waals surface area contributed by atoms with Crippen LogP contribution in [0.5, 0.6) is 0 Å². The largest absolute Gasteiger partial charge is 0.390 e. The van der Waals surface area contributed by atoms with Crippen LogP contribution in [-0.2, 0) is 0 Å². The molecule has 0 radical (unpaired) electrons. The summed E-state index contributed by atoms with van der Waals surface area (Å²) >= 11 is 0. The predicted molar refractivity (Wildman–Crippen MR) is 95.8 cm³/mol. The van der Waals surface area contributed by atoms with Crippen molar-refractivity contribution in [3.05, 3.63) is 53.7 Å². The second-order valence-corrected chi connectivity index (χ2v) is 7.34. The summed E-state index contributed by atoms with van der Waals surface area (Å²) in [6.07, 6.45) is 0.966. The molecule has 0 saturated carbocycles. The van der Waals surface area contributed by atoms with Crippen LogP contribution in [0.3, 0.4) is 0 Å². The van der Waals surface area contributed by atoms with Gasteiger partial charge < -0.3 is 15.4 Å². The van der Waals surface area contributed by atoms with Gasteiger partial charge in [0.25, 0.3) is 0 Å². The first kappa shape index (κ1) is 16.1. The molecule has 0 fully saturated rings. The van der Waals surface area contributed by atoms with Crippen molar-refractivity contribution in [2.45, 2.75) is 38.3 Å². The lowest BCUT2D eigenvalue weighted by Crippen LogP contribution is -2.50. The first-order valence-corrected chi connectivity index (χ1v) is 8.36. The van der Waals surface area contributed by atoms with Crippen LogP contribution < -0.4 is 5.32 Å². The Bertz CT molecular complexity index is 977. The normalized spacial score (nSPS) is 21.8. The zero-order chi connectivity index (χ0) is 17.9. The summed E-state index contributed by atoms with van der Waals surface area (Å²) in [5.41, 5.74) is 1.18. The maximum atomic E-state index is 15.4. The topological polar surface area (TPSA) is 48.0 Å². The molecular formula is C20H20F2N2O. The smallest absolute Gasteiger partial charge is 0.139 e. The number of benzene rings is 2. The third-order valence-corrected chi connectivity index (χ3v) is 5.24. The highest BCUT2D eigenvalue weighted by atomic mass is 19.1. The van der Waals surface area contributed by atoms with Gasteiger partial charge in [0.05, 0.1) is 22.7 Å². The number of para-hydroxylation sites is 1. The number of aromatic nitrogens is 1. The maximum Gasteiger partial charge on any atom is 0.139 e. The number of aliphatic hydroxyl groups is 1. The third-order valence-electron chi connectivity index (χ3n) is 5.24. The van der Waals surface area contributed by atoms with E-state index in [1.165, 1.54) is 6.07 Å². The summed E-state index contributed by atoms with van der Waals surface area (Å²) in [5.74, 6) is -1.69. The van der Waals surface area contributed by atoms with E-state index in [1.807, 2.05) is 26.0 Å². The Balaban J connectivity index is 2.00. The molecule has 0 bridgehead atoms. The van der Waals surface area contributed by atoms with Crippen molar-refractivity contribution in [2.24, 2.45) is 0 Å². The summed E-state index contributed by atoms with van der Waals surface area (Å²) in [7, 11) is 0. The van der Waals surface area contributed by atoms with Crippen LogP contribution in [0.4, 0.5) is 14.5 Å². The highest BCUT2D eigenvalue weighted by molar-refractivity contribution is 5.95. The molecule has 3 aromatic rings. The molecule has 3 N–H and O–H groups in total. The number of aliphatic hydroxyl groups excluding tert-OH is 1. The second-order valence-electron chi connectivity index (χ2n) is 7.34. The van der Waals surface area contributed by atoms with Crippen molar-refractivity contribution in [1.82, 2.24) is 4.98 Å². The van der Waals surface area contributed by atoms with E-state index < -0.39 is 29.2 Å². The molecule has 130 valence electrons. The molecule has 2 aromatic carbocycles. The van der Waals surface area contributed by atoms with Crippen molar-refractivity contribution in [3.63, 3.8) is 0 Å². The number of hydrogen-bond acceptors (Lipinski definition) is 2. The lowest BCUT2D eigenvalue weighted by atomic mass is 9.78. The third kappa shape index (κ3) is 2.26. The van der Waals surface area contributed by atoms with Crippen LogP contribution >= 0.6 is 0 Å². The standard InChI is InChI=1S/C20H20F2N2O/c1-10-15-14(24-20(2,3)19(10)25)9-13(21)16(17(15)22)12-6-4-5-11-7-8-23-18(11)12/h4-10,19,23-25H,1-3H3/t10-,19+/m1/s1. The Labute approximate surface area is 144 Å². The maximum absolute atomic E-state index is 15.4.